The summed E-state index contributed by atoms with van der Waals surface area (Å²) in [6.45, 7) is 4.53. The smallest absolute Gasteiger partial charge is 0.170 e. The first-order chi connectivity index (χ1) is 26.0. The van der Waals surface area contributed by atoms with Crippen molar-refractivity contribution in [1.29, 1.82) is 0 Å². The number of pyridine rings is 1. The van der Waals surface area contributed by atoms with Crippen molar-refractivity contribution in [2.45, 2.75) is 19.3 Å². The maximum atomic E-state index is 6.57. The molecule has 0 N–H and O–H groups in total. The van der Waals surface area contributed by atoms with Crippen molar-refractivity contribution in [1.82, 2.24) is 19.9 Å². The zero-order chi connectivity index (χ0) is 35.5. The number of hydrogen-bond donors (Lipinski definition) is 0. The largest absolute Gasteiger partial charge is 0.450 e. The number of fused-ring (bicyclic) bond motifs is 5. The second kappa shape index (κ2) is 12.1. The summed E-state index contributed by atoms with van der Waals surface area (Å²) in [5.41, 5.74) is 11.4. The first-order valence-corrected chi connectivity index (χ1v) is 17.7. The van der Waals surface area contributed by atoms with E-state index in [1.165, 1.54) is 22.3 Å². The van der Waals surface area contributed by atoms with Gasteiger partial charge in [-0.15, -0.1) is 0 Å². The summed E-state index contributed by atoms with van der Waals surface area (Å²) in [5, 5.41) is 0. The Morgan fingerprint density at radius 1 is 0.396 bits per heavy atom. The van der Waals surface area contributed by atoms with Gasteiger partial charge in [0.15, 0.2) is 40.5 Å². The van der Waals surface area contributed by atoms with Crippen molar-refractivity contribution in [3.8, 4) is 90.7 Å². The molecule has 2 aliphatic rings. The Kier molecular flexibility index (Phi) is 7.05. The first-order valence-electron chi connectivity index (χ1n) is 17.7. The quantitative estimate of drug-likeness (QED) is 0.180. The van der Waals surface area contributed by atoms with Crippen LogP contribution in [0.4, 0.5) is 0 Å². The van der Waals surface area contributed by atoms with Gasteiger partial charge in [-0.05, 0) is 81.9 Å². The molecule has 2 aromatic heterocycles. The maximum Gasteiger partial charge on any atom is 0.170 e. The van der Waals surface area contributed by atoms with Crippen LogP contribution in [0.3, 0.4) is 0 Å². The molecule has 10 rings (SSSR count). The molecule has 0 saturated carbocycles. The number of ether oxygens (including phenoxy) is 2. The molecule has 0 radical (unpaired) electrons. The van der Waals surface area contributed by atoms with Crippen molar-refractivity contribution < 1.29 is 9.47 Å². The van der Waals surface area contributed by atoms with Crippen LogP contribution in [0.25, 0.3) is 67.7 Å². The van der Waals surface area contributed by atoms with Gasteiger partial charge < -0.3 is 9.47 Å². The van der Waals surface area contributed by atoms with Crippen LogP contribution in [0.1, 0.15) is 25.0 Å². The van der Waals surface area contributed by atoms with E-state index in [2.05, 4.69) is 79.5 Å². The van der Waals surface area contributed by atoms with Gasteiger partial charge in [-0.3, -0.25) is 4.98 Å². The third-order valence-electron chi connectivity index (χ3n) is 10.2. The summed E-state index contributed by atoms with van der Waals surface area (Å²) in [7, 11) is 0. The Bertz CT molecular complexity index is 2710. The van der Waals surface area contributed by atoms with Crippen LogP contribution in [0.15, 0.2) is 158 Å². The highest BCUT2D eigenvalue weighted by Gasteiger charge is 2.37. The van der Waals surface area contributed by atoms with Crippen LogP contribution in [-0.2, 0) is 5.41 Å². The normalized spacial score (nSPS) is 13.2. The summed E-state index contributed by atoms with van der Waals surface area (Å²) < 4.78 is 13.0. The van der Waals surface area contributed by atoms with Crippen molar-refractivity contribution in [2.24, 2.45) is 0 Å². The van der Waals surface area contributed by atoms with Crippen LogP contribution >= 0.6 is 0 Å². The standard InChI is InChI=1S/C47H32N4O2/c1-47(2)37-19-7-6-18-35(37)36-27-42-43(28-38(36)47)52-40-22-21-31(26-41(40)53-42)30-14-10-16-33(24-30)45-49-44(29-12-4-3-5-13-29)50-46(51-45)34-17-11-15-32(25-34)39-20-8-9-23-48-39/h3-28H,1-2H3. The highest BCUT2D eigenvalue weighted by molar-refractivity contribution is 5.84. The molecule has 0 fully saturated rings. The topological polar surface area (TPSA) is 70.0 Å². The van der Waals surface area contributed by atoms with Gasteiger partial charge in [0.1, 0.15) is 0 Å². The van der Waals surface area contributed by atoms with Crippen LogP contribution < -0.4 is 9.47 Å². The van der Waals surface area contributed by atoms with E-state index in [0.29, 0.717) is 34.7 Å². The molecule has 0 atom stereocenters. The predicted octanol–water partition coefficient (Wildman–Crippen LogP) is 11.8. The van der Waals surface area contributed by atoms with Crippen LogP contribution in [0.5, 0.6) is 23.0 Å². The summed E-state index contributed by atoms with van der Waals surface area (Å²) in [4.78, 5) is 19.5. The van der Waals surface area contributed by atoms with Gasteiger partial charge in [0.2, 0.25) is 0 Å². The second-order valence-corrected chi connectivity index (χ2v) is 13.9. The third-order valence-corrected chi connectivity index (χ3v) is 10.2. The molecule has 6 aromatic carbocycles. The Labute approximate surface area is 307 Å². The molecule has 0 amide bonds. The van der Waals surface area contributed by atoms with Crippen LogP contribution in [-0.4, -0.2) is 19.9 Å². The molecule has 0 saturated heterocycles. The number of hydrogen-bond acceptors (Lipinski definition) is 6. The van der Waals surface area contributed by atoms with Crippen molar-refractivity contribution in [3.63, 3.8) is 0 Å². The minimum Gasteiger partial charge on any atom is -0.450 e. The van der Waals surface area contributed by atoms with Gasteiger partial charge >= 0.3 is 0 Å². The van der Waals surface area contributed by atoms with Gasteiger partial charge in [0.05, 0.1) is 5.69 Å². The Morgan fingerprint density at radius 2 is 0.981 bits per heavy atom. The molecular weight excluding hydrogens is 653 g/mol. The summed E-state index contributed by atoms with van der Waals surface area (Å²) in [6.07, 6.45) is 1.80. The number of rotatable bonds is 5. The van der Waals surface area contributed by atoms with E-state index in [1.54, 1.807) is 6.20 Å². The predicted molar refractivity (Wildman–Crippen MR) is 209 cm³/mol. The van der Waals surface area contributed by atoms with Crippen LogP contribution in [0.2, 0.25) is 0 Å². The Balaban J connectivity index is 1.01. The first kappa shape index (κ1) is 30.9. The van der Waals surface area contributed by atoms with Gasteiger partial charge in [-0.1, -0.05) is 117 Å². The number of nitrogens with zero attached hydrogens (tertiary/aromatic N) is 4. The monoisotopic (exact) mass is 684 g/mol. The average molecular weight is 685 g/mol. The fourth-order valence-corrected chi connectivity index (χ4v) is 7.50. The van der Waals surface area contributed by atoms with E-state index in [4.69, 9.17) is 24.4 Å². The summed E-state index contributed by atoms with van der Waals surface area (Å²) in [5.74, 6) is 4.59. The number of benzene rings is 6. The van der Waals surface area contributed by atoms with E-state index in [9.17, 15) is 0 Å². The van der Waals surface area contributed by atoms with Crippen molar-refractivity contribution >= 4 is 0 Å². The minimum absolute atomic E-state index is 0.121. The van der Waals surface area contributed by atoms with E-state index >= 15 is 0 Å². The van der Waals surface area contributed by atoms with Gasteiger partial charge in [0.25, 0.3) is 0 Å². The fourth-order valence-electron chi connectivity index (χ4n) is 7.50. The highest BCUT2D eigenvalue weighted by Crippen LogP contribution is 2.55. The Morgan fingerprint density at radius 3 is 1.75 bits per heavy atom. The minimum atomic E-state index is -0.121. The lowest BCUT2D eigenvalue weighted by Crippen LogP contribution is -2.15. The zero-order valence-electron chi connectivity index (χ0n) is 29.1. The SMILES string of the molecule is CC1(C)c2ccccc2-c2cc3c(cc21)Oc1ccc(-c2cccc(-c4nc(-c5ccccc5)nc(-c5cccc(-c6ccccn6)c5)n4)c2)cc1O3. The second-order valence-electron chi connectivity index (χ2n) is 13.9. The molecule has 0 bridgehead atoms. The molecular formula is C47H32N4O2. The lowest BCUT2D eigenvalue weighted by Gasteiger charge is -2.25. The Hall–Kier alpha value is -6.92. The van der Waals surface area contributed by atoms with Crippen molar-refractivity contribution in [2.75, 3.05) is 0 Å². The van der Waals surface area contributed by atoms with Gasteiger partial charge in [0, 0.05) is 33.9 Å². The van der Waals surface area contributed by atoms with E-state index in [1.807, 2.05) is 91.0 Å². The van der Waals surface area contributed by atoms with Crippen LogP contribution in [0, 0.1) is 0 Å². The highest BCUT2D eigenvalue weighted by atomic mass is 16.6. The summed E-state index contributed by atoms with van der Waals surface area (Å²) >= 11 is 0. The lowest BCUT2D eigenvalue weighted by molar-refractivity contribution is 0.359. The molecule has 6 heteroatoms. The number of aromatic nitrogens is 4. The van der Waals surface area contributed by atoms with E-state index in [-0.39, 0.29) is 5.41 Å². The molecule has 1 aliphatic heterocycles. The maximum absolute atomic E-state index is 6.57. The van der Waals surface area contributed by atoms with E-state index < -0.39 is 0 Å². The average Bonchev–Trinajstić information content (AvgIpc) is 3.44. The fraction of sp³-hybridized carbons (Fsp3) is 0.0638. The molecule has 6 nitrogen and oxygen atoms in total. The molecule has 252 valence electrons. The molecule has 1 aliphatic carbocycles. The van der Waals surface area contributed by atoms with Gasteiger partial charge in [-0.2, -0.15) is 0 Å². The molecule has 53 heavy (non-hydrogen) atoms. The summed E-state index contributed by atoms with van der Waals surface area (Å²) in [6, 6.07) is 51.3. The molecule has 8 aromatic rings. The lowest BCUT2D eigenvalue weighted by atomic mass is 9.82. The zero-order valence-corrected chi connectivity index (χ0v) is 29.1. The molecule has 0 spiro atoms. The van der Waals surface area contributed by atoms with Crippen molar-refractivity contribution in [3.05, 3.63) is 169 Å². The van der Waals surface area contributed by atoms with E-state index in [0.717, 1.165) is 44.8 Å². The van der Waals surface area contributed by atoms with Gasteiger partial charge in [-0.25, -0.2) is 15.0 Å². The third kappa shape index (κ3) is 5.35. The molecule has 3 heterocycles. The molecule has 0 unspecified atom stereocenters.